The van der Waals surface area contributed by atoms with E-state index in [2.05, 4.69) is 25.5 Å². The van der Waals surface area contributed by atoms with E-state index in [1.165, 1.54) is 11.3 Å². The van der Waals surface area contributed by atoms with Crippen molar-refractivity contribution in [1.82, 2.24) is 20.2 Å². The third-order valence-corrected chi connectivity index (χ3v) is 8.37. The molecule has 2 aromatic heterocycles. The molecule has 2 aromatic carbocycles. The number of hydrogen-bond donors (Lipinski definition) is 3. The first-order chi connectivity index (χ1) is 20.6. The first-order valence-electron chi connectivity index (χ1n) is 14.3. The van der Waals surface area contributed by atoms with E-state index < -0.39 is 0 Å². The lowest BCUT2D eigenvalue weighted by Gasteiger charge is -2.30. The van der Waals surface area contributed by atoms with E-state index in [9.17, 15) is 9.90 Å². The molecule has 1 saturated heterocycles. The van der Waals surface area contributed by atoms with Crippen molar-refractivity contribution < 1.29 is 19.4 Å². The molecule has 9 nitrogen and oxygen atoms in total. The number of piperidine rings is 1. The fourth-order valence-corrected chi connectivity index (χ4v) is 5.76. The molecule has 42 heavy (non-hydrogen) atoms. The van der Waals surface area contributed by atoms with Gasteiger partial charge in [-0.1, -0.05) is 18.2 Å². The Labute approximate surface area is 250 Å². The van der Waals surface area contributed by atoms with E-state index >= 15 is 0 Å². The summed E-state index contributed by atoms with van der Waals surface area (Å²) in [6, 6.07) is 21.0. The minimum absolute atomic E-state index is 0.135. The monoisotopic (exact) mass is 587 g/mol. The van der Waals surface area contributed by atoms with Crippen LogP contribution < -0.4 is 20.1 Å². The van der Waals surface area contributed by atoms with Crippen LogP contribution >= 0.6 is 11.3 Å². The van der Waals surface area contributed by atoms with Gasteiger partial charge in [0.05, 0.1) is 29.2 Å². The Balaban J connectivity index is 1.12. The quantitative estimate of drug-likeness (QED) is 0.180. The Bertz CT molecular complexity index is 1450. The summed E-state index contributed by atoms with van der Waals surface area (Å²) < 4.78 is 11.3. The number of amides is 1. The lowest BCUT2D eigenvalue weighted by Crippen LogP contribution is -2.35. The Morgan fingerprint density at radius 1 is 1.07 bits per heavy atom. The van der Waals surface area contributed by atoms with E-state index in [-0.39, 0.29) is 5.91 Å². The summed E-state index contributed by atoms with van der Waals surface area (Å²) in [5, 5.41) is 15.5. The number of aliphatic hydroxyl groups is 1. The molecule has 5 rings (SSSR count). The summed E-state index contributed by atoms with van der Waals surface area (Å²) in [4.78, 5) is 25.7. The highest BCUT2D eigenvalue weighted by atomic mass is 32.1. The molecule has 4 aromatic rings. The Morgan fingerprint density at radius 3 is 2.74 bits per heavy atom. The zero-order valence-corrected chi connectivity index (χ0v) is 24.6. The predicted octanol–water partition coefficient (Wildman–Crippen LogP) is 5.36. The third-order valence-electron chi connectivity index (χ3n) is 7.27. The van der Waals surface area contributed by atoms with Crippen molar-refractivity contribution in [2.24, 2.45) is 5.92 Å². The van der Waals surface area contributed by atoms with Gasteiger partial charge < -0.3 is 30.1 Å². The van der Waals surface area contributed by atoms with Crippen LogP contribution in [-0.2, 0) is 6.54 Å². The van der Waals surface area contributed by atoms with Crippen molar-refractivity contribution in [2.45, 2.75) is 25.8 Å². The molecule has 1 amide bonds. The number of aliphatic hydroxyl groups excluding tert-OH is 1. The average molecular weight is 588 g/mol. The summed E-state index contributed by atoms with van der Waals surface area (Å²) >= 11 is 1.39. The van der Waals surface area contributed by atoms with Crippen LogP contribution in [0.15, 0.2) is 72.9 Å². The molecule has 0 saturated carbocycles. The zero-order chi connectivity index (χ0) is 29.1. The van der Waals surface area contributed by atoms with Gasteiger partial charge in [0.25, 0.3) is 5.91 Å². The van der Waals surface area contributed by atoms with Gasteiger partial charge in [0.2, 0.25) is 5.95 Å². The van der Waals surface area contributed by atoms with Crippen molar-refractivity contribution in [3.05, 3.63) is 83.4 Å². The van der Waals surface area contributed by atoms with Crippen molar-refractivity contribution in [1.29, 1.82) is 0 Å². The molecular weight excluding hydrogens is 550 g/mol. The molecule has 1 fully saturated rings. The topological polar surface area (TPSA) is 109 Å². The number of nitrogens with zero attached hydrogens (tertiary/aromatic N) is 3. The SMILES string of the molecule is COc1cccc(CNC(=O)c2ccc(-c3ccnc(Nc4cccc(OCCCN5CCC(CO)CC5)c4)n3)s2)c1. The summed E-state index contributed by atoms with van der Waals surface area (Å²) in [5.74, 6) is 2.34. The van der Waals surface area contributed by atoms with Crippen molar-refractivity contribution in [2.75, 3.05) is 45.3 Å². The Kier molecular flexibility index (Phi) is 10.4. The van der Waals surface area contributed by atoms with E-state index in [1.807, 2.05) is 66.7 Å². The summed E-state index contributed by atoms with van der Waals surface area (Å²) in [6.45, 7) is 4.46. The number of ether oxygens (including phenoxy) is 2. The summed E-state index contributed by atoms with van der Waals surface area (Å²) in [5.41, 5.74) is 2.54. The molecule has 1 aliphatic heterocycles. The van der Waals surface area contributed by atoms with E-state index in [4.69, 9.17) is 9.47 Å². The number of thiophene rings is 1. The fourth-order valence-electron chi connectivity index (χ4n) is 4.87. The number of anilines is 2. The van der Waals surface area contributed by atoms with Gasteiger partial charge in [-0.25, -0.2) is 9.97 Å². The van der Waals surface area contributed by atoms with Crippen LogP contribution in [0.2, 0.25) is 0 Å². The van der Waals surface area contributed by atoms with Crippen LogP contribution in [-0.4, -0.2) is 65.8 Å². The largest absolute Gasteiger partial charge is 0.497 e. The number of aromatic nitrogens is 2. The van der Waals surface area contributed by atoms with E-state index in [0.717, 1.165) is 72.2 Å². The normalized spacial score (nSPS) is 14.0. The number of benzene rings is 2. The highest BCUT2D eigenvalue weighted by Gasteiger charge is 2.18. The molecule has 3 N–H and O–H groups in total. The van der Waals surface area contributed by atoms with Crippen LogP contribution in [0.3, 0.4) is 0 Å². The second-order valence-electron chi connectivity index (χ2n) is 10.3. The lowest BCUT2D eigenvalue weighted by molar-refractivity contribution is 0.0955. The van der Waals surface area contributed by atoms with Crippen LogP contribution in [0.5, 0.6) is 11.5 Å². The Morgan fingerprint density at radius 2 is 1.90 bits per heavy atom. The van der Waals surface area contributed by atoms with Gasteiger partial charge in [0.15, 0.2) is 0 Å². The van der Waals surface area contributed by atoms with Gasteiger partial charge in [-0.05, 0) is 86.3 Å². The minimum Gasteiger partial charge on any atom is -0.497 e. The number of rotatable bonds is 13. The van der Waals surface area contributed by atoms with Gasteiger partial charge in [0.1, 0.15) is 11.5 Å². The average Bonchev–Trinajstić information content (AvgIpc) is 3.54. The smallest absolute Gasteiger partial charge is 0.261 e. The lowest BCUT2D eigenvalue weighted by atomic mass is 9.98. The minimum atomic E-state index is -0.135. The highest BCUT2D eigenvalue weighted by Crippen LogP contribution is 2.28. The number of methoxy groups -OCH3 is 1. The molecule has 1 aliphatic rings. The molecule has 0 atom stereocenters. The molecule has 3 heterocycles. The number of likely N-dealkylation sites (tertiary alicyclic amines) is 1. The van der Waals surface area contributed by atoms with Crippen LogP contribution in [0, 0.1) is 5.92 Å². The molecule has 0 unspecified atom stereocenters. The summed E-state index contributed by atoms with van der Waals surface area (Å²) in [6.07, 6.45) is 4.80. The molecule has 0 bridgehead atoms. The maximum atomic E-state index is 12.8. The van der Waals surface area contributed by atoms with Gasteiger partial charge in [-0.15, -0.1) is 11.3 Å². The van der Waals surface area contributed by atoms with Gasteiger partial charge in [0, 0.05) is 37.6 Å². The van der Waals surface area contributed by atoms with Gasteiger partial charge in [-0.3, -0.25) is 4.79 Å². The standard InChI is InChI=1S/C32H37N5O4S/c1-40-26-7-2-5-24(19-26)21-34-31(39)30-10-9-29(42-30)28-11-14-33-32(36-28)35-25-6-3-8-27(20-25)41-18-4-15-37-16-12-23(22-38)13-17-37/h2-3,5-11,14,19-20,23,38H,4,12-13,15-18,21-22H2,1H3,(H,34,39)(H,33,35,36). The summed E-state index contributed by atoms with van der Waals surface area (Å²) in [7, 11) is 1.62. The van der Waals surface area contributed by atoms with Crippen LogP contribution in [0.1, 0.15) is 34.5 Å². The molecular formula is C32H37N5O4S. The molecule has 0 aliphatic carbocycles. The number of carbonyl (C=O) groups is 1. The third kappa shape index (κ3) is 8.28. The first kappa shape index (κ1) is 29.5. The van der Waals surface area contributed by atoms with Crippen LogP contribution in [0.4, 0.5) is 11.6 Å². The number of hydrogen-bond acceptors (Lipinski definition) is 9. The second-order valence-corrected chi connectivity index (χ2v) is 11.4. The van der Waals surface area contributed by atoms with Crippen molar-refractivity contribution >= 4 is 28.9 Å². The van der Waals surface area contributed by atoms with E-state index in [1.54, 1.807) is 13.3 Å². The second kappa shape index (κ2) is 14.8. The van der Waals surface area contributed by atoms with Crippen molar-refractivity contribution in [3.8, 4) is 22.1 Å². The molecule has 0 spiro atoms. The van der Waals surface area contributed by atoms with Gasteiger partial charge >= 0.3 is 0 Å². The number of nitrogens with one attached hydrogen (secondary N) is 2. The Hall–Kier alpha value is -3.99. The molecule has 0 radical (unpaired) electrons. The van der Waals surface area contributed by atoms with Crippen molar-refractivity contribution in [3.63, 3.8) is 0 Å². The highest BCUT2D eigenvalue weighted by molar-refractivity contribution is 7.17. The molecule has 220 valence electrons. The fraction of sp³-hybridized carbons (Fsp3) is 0.344. The predicted molar refractivity (Wildman–Crippen MR) is 166 cm³/mol. The molecule has 10 heteroatoms. The van der Waals surface area contributed by atoms with Crippen LogP contribution in [0.25, 0.3) is 10.6 Å². The first-order valence-corrected chi connectivity index (χ1v) is 15.1. The zero-order valence-electron chi connectivity index (χ0n) is 23.8. The number of carbonyl (C=O) groups excluding carboxylic acids is 1. The van der Waals surface area contributed by atoms with E-state index in [0.29, 0.717) is 36.5 Å². The maximum absolute atomic E-state index is 12.8. The van der Waals surface area contributed by atoms with Gasteiger partial charge in [-0.2, -0.15) is 0 Å². The maximum Gasteiger partial charge on any atom is 0.261 e.